The quantitative estimate of drug-likeness (QED) is 0.815. The van der Waals surface area contributed by atoms with Crippen LogP contribution in [0.2, 0.25) is 0 Å². The maximum absolute atomic E-state index is 12.5. The van der Waals surface area contributed by atoms with Crippen molar-refractivity contribution in [3.8, 4) is 0 Å². The highest BCUT2D eigenvalue weighted by molar-refractivity contribution is 5.76. The second-order valence-corrected chi connectivity index (χ2v) is 8.79. The first-order chi connectivity index (χ1) is 10.2. The van der Waals surface area contributed by atoms with Crippen LogP contribution < -0.4 is 5.32 Å². The van der Waals surface area contributed by atoms with Crippen molar-refractivity contribution >= 4 is 5.91 Å². The van der Waals surface area contributed by atoms with Gasteiger partial charge in [-0.15, -0.1) is 0 Å². The molecule has 4 bridgehead atoms. The summed E-state index contributed by atoms with van der Waals surface area (Å²) in [7, 11) is 0. The van der Waals surface area contributed by atoms with Crippen molar-refractivity contribution in [2.24, 2.45) is 23.7 Å². The summed E-state index contributed by atoms with van der Waals surface area (Å²) < 4.78 is 0. The van der Waals surface area contributed by atoms with E-state index in [0.29, 0.717) is 5.91 Å². The monoisotopic (exact) mass is 289 g/mol. The van der Waals surface area contributed by atoms with E-state index in [-0.39, 0.29) is 5.54 Å². The van der Waals surface area contributed by atoms with E-state index < -0.39 is 0 Å². The standard InChI is InChI=1S/C19H31NO/c21-18(7-6-14-4-2-1-3-5-14)20-19-11-15-8-16(12-19)10-17(9-15)13-19/h14-17H,1-13H2,(H,20,21). The molecule has 0 heterocycles. The highest BCUT2D eigenvalue weighted by atomic mass is 16.1. The lowest BCUT2D eigenvalue weighted by Crippen LogP contribution is -2.59. The molecule has 5 rings (SSSR count). The molecule has 0 radical (unpaired) electrons. The summed E-state index contributed by atoms with van der Waals surface area (Å²) in [6, 6.07) is 0. The fourth-order valence-corrected chi connectivity index (χ4v) is 6.43. The van der Waals surface area contributed by atoms with Gasteiger partial charge in [-0.2, -0.15) is 0 Å². The van der Waals surface area contributed by atoms with E-state index >= 15 is 0 Å². The van der Waals surface area contributed by atoms with E-state index in [0.717, 1.165) is 36.5 Å². The molecule has 2 nitrogen and oxygen atoms in total. The highest BCUT2D eigenvalue weighted by Crippen LogP contribution is 2.55. The molecule has 5 aliphatic rings. The fraction of sp³-hybridized carbons (Fsp3) is 0.947. The Morgan fingerprint density at radius 3 is 2.05 bits per heavy atom. The first-order valence-corrected chi connectivity index (χ1v) is 9.52. The third-order valence-electron chi connectivity index (χ3n) is 6.95. The van der Waals surface area contributed by atoms with Crippen molar-refractivity contribution in [2.45, 2.75) is 89.0 Å². The molecule has 5 fully saturated rings. The molecule has 1 N–H and O–H groups in total. The molecule has 0 saturated heterocycles. The Morgan fingerprint density at radius 1 is 0.905 bits per heavy atom. The molecule has 0 aliphatic heterocycles. The average molecular weight is 289 g/mol. The van der Waals surface area contributed by atoms with Crippen molar-refractivity contribution in [1.82, 2.24) is 5.32 Å². The molecule has 0 aromatic carbocycles. The molecule has 2 heteroatoms. The number of nitrogens with one attached hydrogen (secondary N) is 1. The van der Waals surface area contributed by atoms with Gasteiger partial charge < -0.3 is 5.32 Å². The van der Waals surface area contributed by atoms with Gasteiger partial charge in [-0.25, -0.2) is 0 Å². The van der Waals surface area contributed by atoms with Crippen LogP contribution >= 0.6 is 0 Å². The zero-order valence-corrected chi connectivity index (χ0v) is 13.4. The Bertz CT molecular complexity index is 361. The van der Waals surface area contributed by atoms with Gasteiger partial charge in [-0.3, -0.25) is 4.79 Å². The van der Waals surface area contributed by atoms with Gasteiger partial charge in [0.15, 0.2) is 0 Å². The normalized spacial score (nSPS) is 42.2. The van der Waals surface area contributed by atoms with E-state index in [4.69, 9.17) is 0 Å². The first-order valence-electron chi connectivity index (χ1n) is 9.52. The van der Waals surface area contributed by atoms with Crippen LogP contribution in [0.25, 0.3) is 0 Å². The van der Waals surface area contributed by atoms with Crippen molar-refractivity contribution in [2.75, 3.05) is 0 Å². The van der Waals surface area contributed by atoms with Crippen LogP contribution in [0.3, 0.4) is 0 Å². The molecule has 0 atom stereocenters. The molecule has 21 heavy (non-hydrogen) atoms. The number of carbonyl (C=O) groups excluding carboxylic acids is 1. The number of rotatable bonds is 4. The van der Waals surface area contributed by atoms with Crippen molar-refractivity contribution < 1.29 is 4.79 Å². The zero-order chi connectivity index (χ0) is 14.3. The SMILES string of the molecule is O=C(CCC1CCCCC1)NC12CC3CC(CC(C3)C1)C2. The van der Waals surface area contributed by atoms with Gasteiger partial charge >= 0.3 is 0 Å². The minimum absolute atomic E-state index is 0.221. The molecule has 5 aliphatic carbocycles. The zero-order valence-electron chi connectivity index (χ0n) is 13.4. The summed E-state index contributed by atoms with van der Waals surface area (Å²) in [5.41, 5.74) is 0.221. The lowest BCUT2D eigenvalue weighted by molar-refractivity contribution is -0.127. The number of amides is 1. The van der Waals surface area contributed by atoms with Gasteiger partial charge in [0.1, 0.15) is 0 Å². The van der Waals surface area contributed by atoms with Crippen molar-refractivity contribution in [3.63, 3.8) is 0 Å². The molecule has 118 valence electrons. The summed E-state index contributed by atoms with van der Waals surface area (Å²) >= 11 is 0. The molecular formula is C19H31NO. The Morgan fingerprint density at radius 2 is 1.48 bits per heavy atom. The predicted octanol–water partition coefficient (Wildman–Crippen LogP) is 4.43. The molecule has 0 unspecified atom stereocenters. The minimum Gasteiger partial charge on any atom is -0.351 e. The minimum atomic E-state index is 0.221. The van der Waals surface area contributed by atoms with E-state index in [1.54, 1.807) is 0 Å². The van der Waals surface area contributed by atoms with Crippen LogP contribution in [-0.2, 0) is 4.79 Å². The Balaban J connectivity index is 1.30. The second-order valence-electron chi connectivity index (χ2n) is 8.79. The van der Waals surface area contributed by atoms with Crippen LogP contribution in [0.5, 0.6) is 0 Å². The summed E-state index contributed by atoms with van der Waals surface area (Å²) in [6.45, 7) is 0. The summed E-state index contributed by atoms with van der Waals surface area (Å²) in [6.07, 6.45) is 17.1. The van der Waals surface area contributed by atoms with E-state index in [1.165, 1.54) is 70.6 Å². The van der Waals surface area contributed by atoms with Crippen molar-refractivity contribution in [3.05, 3.63) is 0 Å². The van der Waals surface area contributed by atoms with Gasteiger partial charge in [0.2, 0.25) is 5.91 Å². The number of hydrogen-bond donors (Lipinski definition) is 1. The van der Waals surface area contributed by atoms with Crippen LogP contribution in [0, 0.1) is 23.7 Å². The largest absolute Gasteiger partial charge is 0.351 e. The van der Waals surface area contributed by atoms with E-state index in [9.17, 15) is 4.79 Å². The molecule has 0 spiro atoms. The average Bonchev–Trinajstić information content (AvgIpc) is 2.44. The second kappa shape index (κ2) is 5.59. The lowest BCUT2D eigenvalue weighted by atomic mass is 9.53. The summed E-state index contributed by atoms with van der Waals surface area (Å²) in [5.74, 6) is 3.98. The Hall–Kier alpha value is -0.530. The number of carbonyl (C=O) groups is 1. The Labute approximate surface area is 129 Å². The topological polar surface area (TPSA) is 29.1 Å². The maximum atomic E-state index is 12.5. The fourth-order valence-electron chi connectivity index (χ4n) is 6.43. The number of hydrogen-bond acceptors (Lipinski definition) is 1. The third kappa shape index (κ3) is 3.00. The van der Waals surface area contributed by atoms with Gasteiger partial charge in [-0.05, 0) is 68.6 Å². The van der Waals surface area contributed by atoms with Gasteiger partial charge in [0.05, 0.1) is 0 Å². The maximum Gasteiger partial charge on any atom is 0.220 e. The van der Waals surface area contributed by atoms with Crippen molar-refractivity contribution in [1.29, 1.82) is 0 Å². The van der Waals surface area contributed by atoms with Gasteiger partial charge in [-0.1, -0.05) is 32.1 Å². The first kappa shape index (κ1) is 14.1. The van der Waals surface area contributed by atoms with Crippen LogP contribution in [0.4, 0.5) is 0 Å². The lowest BCUT2D eigenvalue weighted by Gasteiger charge is -2.57. The van der Waals surface area contributed by atoms with Gasteiger partial charge in [0.25, 0.3) is 0 Å². The molecular weight excluding hydrogens is 258 g/mol. The van der Waals surface area contributed by atoms with Crippen LogP contribution in [0.1, 0.15) is 83.5 Å². The molecule has 0 aromatic rings. The smallest absolute Gasteiger partial charge is 0.220 e. The molecule has 0 aromatic heterocycles. The molecule has 1 amide bonds. The summed E-state index contributed by atoms with van der Waals surface area (Å²) in [5, 5.41) is 3.53. The highest BCUT2D eigenvalue weighted by Gasteiger charge is 2.51. The molecule has 5 saturated carbocycles. The van der Waals surface area contributed by atoms with Gasteiger partial charge in [0, 0.05) is 12.0 Å². The van der Waals surface area contributed by atoms with Crippen LogP contribution in [-0.4, -0.2) is 11.4 Å². The van der Waals surface area contributed by atoms with E-state index in [2.05, 4.69) is 5.32 Å². The Kier molecular flexibility index (Phi) is 3.75. The third-order valence-corrected chi connectivity index (χ3v) is 6.95. The summed E-state index contributed by atoms with van der Waals surface area (Å²) in [4.78, 5) is 12.5. The van der Waals surface area contributed by atoms with Crippen LogP contribution in [0.15, 0.2) is 0 Å². The van der Waals surface area contributed by atoms with E-state index in [1.807, 2.05) is 0 Å². The predicted molar refractivity (Wildman–Crippen MR) is 84.9 cm³/mol.